The van der Waals surface area contributed by atoms with Gasteiger partial charge in [-0.25, -0.2) is 9.97 Å². The molecule has 1 aromatic heterocycles. The van der Waals surface area contributed by atoms with Crippen LogP contribution in [0.2, 0.25) is 5.02 Å². The second-order valence-corrected chi connectivity index (χ2v) is 5.48. The summed E-state index contributed by atoms with van der Waals surface area (Å²) in [5.41, 5.74) is 0. The van der Waals surface area contributed by atoms with Crippen LogP contribution in [-0.4, -0.2) is 46.5 Å². The van der Waals surface area contributed by atoms with Crippen molar-refractivity contribution in [3.05, 3.63) is 23.2 Å². The zero-order valence-electron chi connectivity index (χ0n) is 9.97. The van der Waals surface area contributed by atoms with Crippen molar-refractivity contribution in [3.63, 3.8) is 0 Å². The van der Waals surface area contributed by atoms with Crippen molar-refractivity contribution >= 4 is 17.5 Å². The summed E-state index contributed by atoms with van der Waals surface area (Å²) in [6.45, 7) is 3.29. The molecule has 1 aromatic rings. The van der Waals surface area contributed by atoms with Crippen LogP contribution in [0.15, 0.2) is 12.4 Å². The molecule has 18 heavy (non-hydrogen) atoms. The van der Waals surface area contributed by atoms with Crippen LogP contribution in [0.5, 0.6) is 0 Å². The number of rotatable bonds is 2. The van der Waals surface area contributed by atoms with E-state index in [0.717, 1.165) is 25.4 Å². The molecule has 0 radical (unpaired) electrons. The van der Waals surface area contributed by atoms with Gasteiger partial charge >= 0.3 is 0 Å². The molecule has 0 saturated carbocycles. The topological polar surface area (TPSA) is 58.1 Å². The van der Waals surface area contributed by atoms with E-state index in [1.54, 1.807) is 0 Å². The average Bonchev–Trinajstić information content (AvgIpc) is 2.69. The predicted molar refractivity (Wildman–Crippen MR) is 67.5 cm³/mol. The molecule has 6 heteroatoms. The Morgan fingerprint density at radius 1 is 1.39 bits per heavy atom. The number of carbonyl (C=O) groups is 1. The molecule has 2 bridgehead atoms. The Labute approximate surface area is 111 Å². The summed E-state index contributed by atoms with van der Waals surface area (Å²) in [5, 5.41) is 3.45. The van der Waals surface area contributed by atoms with Gasteiger partial charge in [0.25, 0.3) is 5.91 Å². The summed E-state index contributed by atoms with van der Waals surface area (Å²) >= 11 is 5.69. The third-order valence-corrected chi connectivity index (χ3v) is 3.82. The highest BCUT2D eigenvalue weighted by Gasteiger charge is 2.33. The van der Waals surface area contributed by atoms with Crippen molar-refractivity contribution in [1.82, 2.24) is 20.2 Å². The van der Waals surface area contributed by atoms with E-state index in [9.17, 15) is 4.79 Å². The minimum atomic E-state index is -0.209. The molecule has 3 unspecified atom stereocenters. The summed E-state index contributed by atoms with van der Waals surface area (Å²) in [6, 6.07) is 0.220. The lowest BCUT2D eigenvalue weighted by Gasteiger charge is -2.30. The van der Waals surface area contributed by atoms with Crippen molar-refractivity contribution in [2.75, 3.05) is 19.6 Å². The van der Waals surface area contributed by atoms with Crippen LogP contribution < -0.4 is 5.32 Å². The Hall–Kier alpha value is -1.20. The van der Waals surface area contributed by atoms with Crippen molar-refractivity contribution in [2.24, 2.45) is 5.92 Å². The van der Waals surface area contributed by atoms with E-state index in [4.69, 9.17) is 11.6 Å². The van der Waals surface area contributed by atoms with Gasteiger partial charge in [0.1, 0.15) is 0 Å². The van der Waals surface area contributed by atoms with Gasteiger partial charge in [-0.3, -0.25) is 4.79 Å². The van der Waals surface area contributed by atoms with E-state index in [1.165, 1.54) is 25.4 Å². The molecule has 3 heterocycles. The zero-order chi connectivity index (χ0) is 12.5. The van der Waals surface area contributed by atoms with Gasteiger partial charge in [0.2, 0.25) is 5.82 Å². The van der Waals surface area contributed by atoms with Crippen molar-refractivity contribution < 1.29 is 4.79 Å². The molecule has 0 aromatic carbocycles. The first-order valence-corrected chi connectivity index (χ1v) is 6.59. The fraction of sp³-hybridized carbons (Fsp3) is 0.583. The molecule has 0 aliphatic carbocycles. The zero-order valence-corrected chi connectivity index (χ0v) is 10.7. The minimum absolute atomic E-state index is 0.187. The molecule has 1 amide bonds. The fourth-order valence-corrected chi connectivity index (χ4v) is 2.94. The van der Waals surface area contributed by atoms with Crippen LogP contribution in [0.1, 0.15) is 23.5 Å². The number of halogens is 1. The predicted octanol–water partition coefficient (Wildman–Crippen LogP) is 0.954. The lowest BCUT2D eigenvalue weighted by atomic mass is 9.97. The summed E-state index contributed by atoms with van der Waals surface area (Å²) in [6.07, 6.45) is 5.20. The number of carbonyl (C=O) groups excluding carboxylic acids is 1. The van der Waals surface area contributed by atoms with Crippen molar-refractivity contribution in [2.45, 2.75) is 18.9 Å². The number of nitrogens with one attached hydrogen (secondary N) is 1. The van der Waals surface area contributed by atoms with Gasteiger partial charge in [0.15, 0.2) is 0 Å². The second-order valence-electron chi connectivity index (χ2n) is 5.05. The van der Waals surface area contributed by atoms with Gasteiger partial charge in [-0.05, 0) is 25.3 Å². The standard InChI is InChI=1S/C12H15ClN4O/c13-9-4-14-11(15-5-9)12(18)16-10-3-8-1-2-17(6-8)7-10/h4-5,8,10H,1-3,6-7H2,(H,16,18). The largest absolute Gasteiger partial charge is 0.345 e. The Morgan fingerprint density at radius 3 is 2.89 bits per heavy atom. The number of nitrogens with zero attached hydrogens (tertiary/aromatic N) is 3. The maximum atomic E-state index is 12.0. The van der Waals surface area contributed by atoms with Gasteiger partial charge in [0, 0.05) is 31.5 Å². The van der Waals surface area contributed by atoms with Crippen molar-refractivity contribution in [1.29, 1.82) is 0 Å². The van der Waals surface area contributed by atoms with Crippen LogP contribution in [0.25, 0.3) is 0 Å². The smallest absolute Gasteiger partial charge is 0.289 e. The molecule has 96 valence electrons. The molecule has 2 aliphatic heterocycles. The third-order valence-electron chi connectivity index (χ3n) is 3.63. The summed E-state index contributed by atoms with van der Waals surface area (Å²) < 4.78 is 0. The van der Waals surface area contributed by atoms with Gasteiger partial charge < -0.3 is 10.2 Å². The van der Waals surface area contributed by atoms with Crippen LogP contribution in [0.4, 0.5) is 0 Å². The molecule has 0 spiro atoms. The monoisotopic (exact) mass is 266 g/mol. The van der Waals surface area contributed by atoms with Crippen LogP contribution in [0.3, 0.4) is 0 Å². The SMILES string of the molecule is O=C(NC1CC2CCN(C2)C1)c1ncc(Cl)cn1. The quantitative estimate of drug-likeness (QED) is 0.866. The highest BCUT2D eigenvalue weighted by Crippen LogP contribution is 2.26. The Kier molecular flexibility index (Phi) is 3.18. The molecule has 3 rings (SSSR count). The molecule has 5 nitrogen and oxygen atoms in total. The number of aromatic nitrogens is 2. The fourth-order valence-electron chi connectivity index (χ4n) is 2.84. The molecular formula is C12H15ClN4O. The molecule has 2 aliphatic rings. The first-order valence-electron chi connectivity index (χ1n) is 6.21. The second kappa shape index (κ2) is 4.82. The minimum Gasteiger partial charge on any atom is -0.345 e. The Bertz CT molecular complexity index is 438. The molecule has 2 saturated heterocycles. The molecule has 1 N–H and O–H groups in total. The van der Waals surface area contributed by atoms with Crippen LogP contribution in [-0.2, 0) is 0 Å². The van der Waals surface area contributed by atoms with Crippen molar-refractivity contribution in [3.8, 4) is 0 Å². The number of hydrogen-bond acceptors (Lipinski definition) is 4. The molecule has 2 fully saturated rings. The number of hydrogen-bond donors (Lipinski definition) is 1. The van der Waals surface area contributed by atoms with Gasteiger partial charge in [0.05, 0.1) is 5.02 Å². The molecular weight excluding hydrogens is 252 g/mol. The maximum Gasteiger partial charge on any atom is 0.289 e. The Morgan fingerprint density at radius 2 is 2.17 bits per heavy atom. The first-order chi connectivity index (χ1) is 8.70. The van der Waals surface area contributed by atoms with Gasteiger partial charge in [-0.2, -0.15) is 0 Å². The number of piperidine rings is 1. The van der Waals surface area contributed by atoms with Crippen LogP contribution in [0, 0.1) is 5.92 Å². The van der Waals surface area contributed by atoms with E-state index < -0.39 is 0 Å². The summed E-state index contributed by atoms with van der Waals surface area (Å²) in [5.74, 6) is 0.710. The summed E-state index contributed by atoms with van der Waals surface area (Å²) in [4.78, 5) is 22.2. The van der Waals surface area contributed by atoms with Crippen LogP contribution >= 0.6 is 11.6 Å². The number of fused-ring (bicyclic) bond motifs is 2. The van der Waals surface area contributed by atoms with E-state index in [1.807, 2.05) is 0 Å². The summed E-state index contributed by atoms with van der Waals surface area (Å²) in [7, 11) is 0. The van der Waals surface area contributed by atoms with Gasteiger partial charge in [-0.15, -0.1) is 0 Å². The lowest BCUT2D eigenvalue weighted by Crippen LogP contribution is -2.47. The van der Waals surface area contributed by atoms with E-state index in [0.29, 0.717) is 5.02 Å². The van der Waals surface area contributed by atoms with E-state index in [-0.39, 0.29) is 17.8 Å². The Balaban J connectivity index is 1.62. The van der Waals surface area contributed by atoms with E-state index >= 15 is 0 Å². The number of amides is 1. The molecule has 3 atom stereocenters. The van der Waals surface area contributed by atoms with E-state index in [2.05, 4.69) is 20.2 Å². The third kappa shape index (κ3) is 2.47. The highest BCUT2D eigenvalue weighted by molar-refractivity contribution is 6.30. The maximum absolute atomic E-state index is 12.0. The normalized spacial score (nSPS) is 30.2. The average molecular weight is 267 g/mol. The highest BCUT2D eigenvalue weighted by atomic mass is 35.5. The lowest BCUT2D eigenvalue weighted by molar-refractivity contribution is 0.0899. The van der Waals surface area contributed by atoms with Gasteiger partial charge in [-0.1, -0.05) is 11.6 Å². The first kappa shape index (κ1) is 11.9.